The van der Waals surface area contributed by atoms with Gasteiger partial charge in [-0.15, -0.1) is 0 Å². The van der Waals surface area contributed by atoms with Crippen LogP contribution in [-0.4, -0.2) is 35.3 Å². The third-order valence-electron chi connectivity index (χ3n) is 2.42. The van der Waals surface area contributed by atoms with Gasteiger partial charge in [-0.1, -0.05) is 18.5 Å². The SMILES string of the molecule is CCNCC(C)(O)COc1ccc([N+](=O)[O-])c(Cl)c1. The Balaban J connectivity index is 2.63. The van der Waals surface area contributed by atoms with E-state index in [2.05, 4.69) is 5.32 Å². The molecule has 0 saturated heterocycles. The Morgan fingerprint density at radius 1 is 1.58 bits per heavy atom. The molecule has 0 heterocycles. The Morgan fingerprint density at radius 2 is 2.26 bits per heavy atom. The first-order valence-corrected chi connectivity index (χ1v) is 6.23. The Hall–Kier alpha value is -1.37. The third kappa shape index (κ3) is 5.02. The standard InChI is InChI=1S/C12H17ClN2O4/c1-3-14-7-12(2,16)8-19-9-4-5-11(15(17)18)10(13)6-9/h4-6,14,16H,3,7-8H2,1-2H3. The van der Waals surface area contributed by atoms with Gasteiger partial charge in [-0.25, -0.2) is 0 Å². The summed E-state index contributed by atoms with van der Waals surface area (Å²) in [5.74, 6) is 0.382. The molecule has 0 radical (unpaired) electrons. The van der Waals surface area contributed by atoms with Gasteiger partial charge in [0, 0.05) is 18.7 Å². The summed E-state index contributed by atoms with van der Waals surface area (Å²) in [5, 5.41) is 23.6. The van der Waals surface area contributed by atoms with E-state index in [4.69, 9.17) is 16.3 Å². The number of nitro benzene ring substituents is 1. The number of nitrogens with one attached hydrogen (secondary N) is 1. The quantitative estimate of drug-likeness (QED) is 0.592. The molecule has 0 spiro atoms. The monoisotopic (exact) mass is 288 g/mol. The molecule has 0 bridgehead atoms. The Bertz CT molecular complexity index is 451. The normalized spacial score (nSPS) is 13.9. The van der Waals surface area contributed by atoms with Gasteiger partial charge in [0.15, 0.2) is 0 Å². The number of benzene rings is 1. The second-order valence-corrected chi connectivity index (χ2v) is 4.84. The van der Waals surface area contributed by atoms with Crippen molar-refractivity contribution in [1.29, 1.82) is 0 Å². The van der Waals surface area contributed by atoms with Gasteiger partial charge in [0.2, 0.25) is 0 Å². The van der Waals surface area contributed by atoms with Crippen molar-refractivity contribution in [3.05, 3.63) is 33.3 Å². The summed E-state index contributed by atoms with van der Waals surface area (Å²) in [6.07, 6.45) is 0. The van der Waals surface area contributed by atoms with Crippen molar-refractivity contribution >= 4 is 17.3 Å². The van der Waals surface area contributed by atoms with Crippen molar-refractivity contribution in [3.63, 3.8) is 0 Å². The maximum absolute atomic E-state index is 10.6. The molecule has 106 valence electrons. The molecule has 1 unspecified atom stereocenters. The molecule has 6 nitrogen and oxygen atoms in total. The van der Waals surface area contributed by atoms with Crippen LogP contribution in [0.25, 0.3) is 0 Å². The van der Waals surface area contributed by atoms with Crippen molar-refractivity contribution < 1.29 is 14.8 Å². The number of hydrogen-bond acceptors (Lipinski definition) is 5. The molecule has 0 fully saturated rings. The van der Waals surface area contributed by atoms with Gasteiger partial charge in [0.25, 0.3) is 5.69 Å². The predicted octanol–water partition coefficient (Wildman–Crippen LogP) is 1.99. The van der Waals surface area contributed by atoms with Gasteiger partial charge in [-0.2, -0.15) is 0 Å². The van der Waals surface area contributed by atoms with Crippen molar-refractivity contribution in [1.82, 2.24) is 5.32 Å². The van der Waals surface area contributed by atoms with Crippen LogP contribution in [0.1, 0.15) is 13.8 Å². The fourth-order valence-electron chi connectivity index (χ4n) is 1.41. The van der Waals surface area contributed by atoms with E-state index in [9.17, 15) is 15.2 Å². The highest BCUT2D eigenvalue weighted by atomic mass is 35.5. The summed E-state index contributed by atoms with van der Waals surface area (Å²) in [6, 6.07) is 4.09. The van der Waals surface area contributed by atoms with Crippen LogP contribution in [0.5, 0.6) is 5.75 Å². The number of ether oxygens (including phenoxy) is 1. The molecule has 1 aromatic rings. The lowest BCUT2D eigenvalue weighted by atomic mass is 10.1. The van der Waals surface area contributed by atoms with E-state index in [0.29, 0.717) is 12.3 Å². The predicted molar refractivity (Wildman–Crippen MR) is 72.8 cm³/mol. The first-order valence-electron chi connectivity index (χ1n) is 5.85. The Morgan fingerprint density at radius 3 is 2.79 bits per heavy atom. The summed E-state index contributed by atoms with van der Waals surface area (Å²) >= 11 is 5.76. The lowest BCUT2D eigenvalue weighted by molar-refractivity contribution is -0.384. The highest BCUT2D eigenvalue weighted by Gasteiger charge is 2.21. The van der Waals surface area contributed by atoms with Gasteiger partial charge in [0.1, 0.15) is 23.0 Å². The topological polar surface area (TPSA) is 84.6 Å². The second-order valence-electron chi connectivity index (χ2n) is 4.44. The smallest absolute Gasteiger partial charge is 0.288 e. The molecule has 0 aliphatic heterocycles. The number of hydrogen-bond donors (Lipinski definition) is 2. The van der Waals surface area contributed by atoms with Crippen molar-refractivity contribution in [2.45, 2.75) is 19.4 Å². The van der Waals surface area contributed by atoms with Gasteiger partial charge in [-0.05, 0) is 19.5 Å². The molecule has 19 heavy (non-hydrogen) atoms. The molecular formula is C12H17ClN2O4. The molecule has 0 aliphatic rings. The zero-order valence-corrected chi connectivity index (χ0v) is 11.6. The number of aliphatic hydroxyl groups is 1. The minimum Gasteiger partial charge on any atom is -0.490 e. The molecule has 0 aromatic heterocycles. The Labute approximate surface area is 116 Å². The van der Waals surface area contributed by atoms with Crippen LogP contribution in [0, 0.1) is 10.1 Å². The van der Waals surface area contributed by atoms with E-state index in [1.807, 2.05) is 6.92 Å². The average Bonchev–Trinajstić information content (AvgIpc) is 2.34. The fraction of sp³-hybridized carbons (Fsp3) is 0.500. The van der Waals surface area contributed by atoms with Crippen LogP contribution in [0.15, 0.2) is 18.2 Å². The van der Waals surface area contributed by atoms with Gasteiger partial charge in [0.05, 0.1) is 4.92 Å². The second kappa shape index (κ2) is 6.70. The zero-order valence-electron chi connectivity index (χ0n) is 10.9. The highest BCUT2D eigenvalue weighted by Crippen LogP contribution is 2.28. The number of likely N-dealkylation sites (N-methyl/N-ethyl adjacent to an activating group) is 1. The largest absolute Gasteiger partial charge is 0.490 e. The fourth-order valence-corrected chi connectivity index (χ4v) is 1.65. The number of nitrogens with zero attached hydrogens (tertiary/aromatic N) is 1. The molecule has 1 atom stereocenters. The summed E-state index contributed by atoms with van der Waals surface area (Å²) in [5.41, 5.74) is -1.20. The summed E-state index contributed by atoms with van der Waals surface area (Å²) < 4.78 is 5.39. The lowest BCUT2D eigenvalue weighted by Gasteiger charge is -2.23. The molecule has 0 amide bonds. The maximum Gasteiger partial charge on any atom is 0.288 e. The molecule has 1 rings (SSSR count). The Kier molecular flexibility index (Phi) is 5.53. The van der Waals surface area contributed by atoms with Crippen LogP contribution in [0.4, 0.5) is 5.69 Å². The maximum atomic E-state index is 10.6. The van der Waals surface area contributed by atoms with E-state index in [1.54, 1.807) is 6.92 Å². The third-order valence-corrected chi connectivity index (χ3v) is 2.72. The van der Waals surface area contributed by atoms with E-state index in [-0.39, 0.29) is 17.3 Å². The molecule has 1 aromatic carbocycles. The van der Waals surface area contributed by atoms with E-state index >= 15 is 0 Å². The van der Waals surface area contributed by atoms with Crippen LogP contribution in [0.3, 0.4) is 0 Å². The summed E-state index contributed by atoms with van der Waals surface area (Å²) in [4.78, 5) is 10.0. The molecular weight excluding hydrogens is 272 g/mol. The van der Waals surface area contributed by atoms with Gasteiger partial charge >= 0.3 is 0 Å². The van der Waals surface area contributed by atoms with Crippen LogP contribution in [-0.2, 0) is 0 Å². The summed E-state index contributed by atoms with van der Waals surface area (Å²) in [7, 11) is 0. The van der Waals surface area contributed by atoms with Gasteiger partial charge in [-0.3, -0.25) is 10.1 Å². The average molecular weight is 289 g/mol. The first-order chi connectivity index (χ1) is 8.85. The van der Waals surface area contributed by atoms with E-state index in [0.717, 1.165) is 6.54 Å². The zero-order chi connectivity index (χ0) is 14.5. The lowest BCUT2D eigenvalue weighted by Crippen LogP contribution is -2.42. The molecule has 7 heteroatoms. The van der Waals surface area contributed by atoms with Crippen molar-refractivity contribution in [3.8, 4) is 5.75 Å². The van der Waals surface area contributed by atoms with Crippen LogP contribution in [0.2, 0.25) is 5.02 Å². The number of rotatable bonds is 7. The summed E-state index contributed by atoms with van der Waals surface area (Å²) in [6.45, 7) is 4.79. The van der Waals surface area contributed by atoms with E-state index < -0.39 is 10.5 Å². The molecule has 0 aliphatic carbocycles. The minimum absolute atomic E-state index is 0.00817. The van der Waals surface area contributed by atoms with Gasteiger partial charge < -0.3 is 15.2 Å². The van der Waals surface area contributed by atoms with Crippen molar-refractivity contribution in [2.24, 2.45) is 0 Å². The highest BCUT2D eigenvalue weighted by molar-refractivity contribution is 6.32. The number of nitro groups is 1. The van der Waals surface area contributed by atoms with E-state index in [1.165, 1.54) is 18.2 Å². The number of halogens is 1. The van der Waals surface area contributed by atoms with Crippen LogP contribution >= 0.6 is 11.6 Å². The first kappa shape index (κ1) is 15.7. The van der Waals surface area contributed by atoms with Crippen LogP contribution < -0.4 is 10.1 Å². The van der Waals surface area contributed by atoms with Crippen molar-refractivity contribution in [2.75, 3.05) is 19.7 Å². The molecule has 2 N–H and O–H groups in total. The molecule has 0 saturated carbocycles. The minimum atomic E-state index is -1.02.